The molecule has 4 aromatic rings. The number of imidazole rings is 1. The number of hydrogen-bond donors (Lipinski definition) is 1. The summed E-state index contributed by atoms with van der Waals surface area (Å²) in [5, 5.41) is 5.53. The molecule has 33 heavy (non-hydrogen) atoms. The zero-order valence-corrected chi connectivity index (χ0v) is 19.6. The zero-order valence-electron chi connectivity index (χ0n) is 18.1. The van der Waals surface area contributed by atoms with Crippen LogP contribution in [-0.4, -0.2) is 34.0 Å². The molecule has 0 spiro atoms. The third-order valence-electron chi connectivity index (χ3n) is 4.80. The normalized spacial score (nSPS) is 11.2. The molecule has 4 rings (SSSR count). The predicted molar refractivity (Wildman–Crippen MR) is 134 cm³/mol. The van der Waals surface area contributed by atoms with Crippen LogP contribution in [0.4, 0.5) is 0 Å². The van der Waals surface area contributed by atoms with Gasteiger partial charge in [-0.1, -0.05) is 47.6 Å². The van der Waals surface area contributed by atoms with Crippen molar-refractivity contribution in [1.29, 1.82) is 0 Å². The molecule has 0 aliphatic rings. The van der Waals surface area contributed by atoms with Crippen molar-refractivity contribution >= 4 is 46.5 Å². The summed E-state index contributed by atoms with van der Waals surface area (Å²) in [4.78, 5) is 17.1. The van der Waals surface area contributed by atoms with E-state index in [0.717, 1.165) is 33.1 Å². The van der Waals surface area contributed by atoms with E-state index in [0.29, 0.717) is 18.2 Å². The first kappa shape index (κ1) is 22.9. The maximum Gasteiger partial charge on any atom is 0.250 e. The van der Waals surface area contributed by atoms with E-state index in [2.05, 4.69) is 15.1 Å². The lowest BCUT2D eigenvalue weighted by Crippen LogP contribution is -2.20. The van der Waals surface area contributed by atoms with E-state index < -0.39 is 0 Å². The topological polar surface area (TPSA) is 68.5 Å². The first-order valence-corrected chi connectivity index (χ1v) is 11.9. The number of hydrazone groups is 1. The molecule has 0 atom stereocenters. The second kappa shape index (κ2) is 11.0. The van der Waals surface area contributed by atoms with E-state index >= 15 is 0 Å². The second-order valence-corrected chi connectivity index (χ2v) is 8.56. The maximum absolute atomic E-state index is 12.4. The van der Waals surface area contributed by atoms with Gasteiger partial charge in [-0.05, 0) is 66.6 Å². The molecule has 1 amide bonds. The Balaban J connectivity index is 1.40. The number of para-hydroxylation sites is 2. The molecular weight excluding hydrogens is 456 g/mol. The van der Waals surface area contributed by atoms with Crippen molar-refractivity contribution in [2.24, 2.45) is 5.10 Å². The lowest BCUT2D eigenvalue weighted by Gasteiger charge is -2.09. The molecule has 8 heteroatoms. The highest BCUT2D eigenvalue weighted by molar-refractivity contribution is 7.99. The quantitative estimate of drug-likeness (QED) is 0.199. The van der Waals surface area contributed by atoms with Crippen molar-refractivity contribution in [3.8, 4) is 5.75 Å². The van der Waals surface area contributed by atoms with Gasteiger partial charge in [0.2, 0.25) is 0 Å². The Kier molecular flexibility index (Phi) is 7.65. The van der Waals surface area contributed by atoms with Gasteiger partial charge in [-0.15, -0.1) is 0 Å². The summed E-state index contributed by atoms with van der Waals surface area (Å²) in [6.45, 7) is 3.20. The number of nitrogens with one attached hydrogen (secondary N) is 1. The summed E-state index contributed by atoms with van der Waals surface area (Å²) in [6.07, 6.45) is 1.61. The van der Waals surface area contributed by atoms with Gasteiger partial charge >= 0.3 is 0 Å². The number of halogens is 1. The summed E-state index contributed by atoms with van der Waals surface area (Å²) in [6, 6.07) is 23.2. The molecule has 168 valence electrons. The number of nitrogens with zero attached hydrogens (tertiary/aromatic N) is 3. The average molecular weight is 479 g/mol. The molecule has 0 saturated heterocycles. The number of hydrogen-bond acceptors (Lipinski definition) is 5. The van der Waals surface area contributed by atoms with Gasteiger partial charge in [-0.2, -0.15) is 5.10 Å². The van der Waals surface area contributed by atoms with Crippen LogP contribution < -0.4 is 10.2 Å². The molecule has 0 fully saturated rings. The Hall–Kier alpha value is -3.29. The van der Waals surface area contributed by atoms with Crippen LogP contribution in [0.15, 0.2) is 83.1 Å². The smallest absolute Gasteiger partial charge is 0.250 e. The third kappa shape index (κ3) is 6.15. The fraction of sp³-hybridized carbons (Fsp3) is 0.160. The fourth-order valence-corrected chi connectivity index (χ4v) is 4.18. The van der Waals surface area contributed by atoms with Gasteiger partial charge < -0.3 is 9.30 Å². The highest BCUT2D eigenvalue weighted by Gasteiger charge is 2.13. The number of fused-ring (bicyclic) bond motifs is 1. The predicted octanol–water partition coefficient (Wildman–Crippen LogP) is 5.38. The SMILES string of the molecule is CCOc1ccc(C=NNC(=O)CSc2nc3ccccc3n2Cc2ccc(Cl)cc2)cc1. The van der Waals surface area contributed by atoms with E-state index in [1.54, 1.807) is 6.21 Å². The molecule has 0 aliphatic heterocycles. The van der Waals surface area contributed by atoms with Crippen molar-refractivity contribution in [1.82, 2.24) is 15.0 Å². The van der Waals surface area contributed by atoms with E-state index in [4.69, 9.17) is 21.3 Å². The van der Waals surface area contributed by atoms with Crippen LogP contribution in [0, 0.1) is 0 Å². The van der Waals surface area contributed by atoms with Crippen LogP contribution in [-0.2, 0) is 11.3 Å². The van der Waals surface area contributed by atoms with Crippen LogP contribution in [0.1, 0.15) is 18.1 Å². The Labute approximate surface area is 201 Å². The highest BCUT2D eigenvalue weighted by Crippen LogP contribution is 2.25. The molecule has 0 bridgehead atoms. The van der Waals surface area contributed by atoms with Gasteiger partial charge in [0, 0.05) is 5.02 Å². The van der Waals surface area contributed by atoms with Crippen molar-refractivity contribution in [2.45, 2.75) is 18.6 Å². The lowest BCUT2D eigenvalue weighted by molar-refractivity contribution is -0.118. The molecule has 0 aliphatic carbocycles. The summed E-state index contributed by atoms with van der Waals surface area (Å²) < 4.78 is 7.53. The first-order valence-electron chi connectivity index (χ1n) is 10.5. The number of benzene rings is 3. The summed E-state index contributed by atoms with van der Waals surface area (Å²) >= 11 is 7.40. The largest absolute Gasteiger partial charge is 0.494 e. The monoisotopic (exact) mass is 478 g/mol. The zero-order chi connectivity index (χ0) is 23.0. The van der Waals surface area contributed by atoms with Gasteiger partial charge in [0.25, 0.3) is 5.91 Å². The highest BCUT2D eigenvalue weighted by atomic mass is 35.5. The van der Waals surface area contributed by atoms with Crippen LogP contribution in [0.2, 0.25) is 5.02 Å². The molecule has 1 aromatic heterocycles. The van der Waals surface area contributed by atoms with E-state index in [-0.39, 0.29) is 11.7 Å². The summed E-state index contributed by atoms with van der Waals surface area (Å²) in [5.74, 6) is 0.800. The number of thioether (sulfide) groups is 1. The molecule has 3 aromatic carbocycles. The Bertz CT molecular complexity index is 1250. The minimum absolute atomic E-state index is 0.199. The lowest BCUT2D eigenvalue weighted by atomic mass is 10.2. The number of ether oxygens (including phenoxy) is 1. The second-order valence-electron chi connectivity index (χ2n) is 7.18. The number of amides is 1. The standard InChI is InChI=1S/C25H23ClN4O2S/c1-2-32-21-13-9-18(10-14-21)15-27-29-24(31)17-33-25-28-22-5-3-4-6-23(22)30(25)16-19-7-11-20(26)12-8-19/h3-15H,2,16-17H2,1H3,(H,29,31). The average Bonchev–Trinajstić information content (AvgIpc) is 3.18. The van der Waals surface area contributed by atoms with Gasteiger partial charge in [-0.3, -0.25) is 4.79 Å². The Morgan fingerprint density at radius 2 is 1.88 bits per heavy atom. The molecular formula is C25H23ClN4O2S. The van der Waals surface area contributed by atoms with Crippen molar-refractivity contribution in [3.63, 3.8) is 0 Å². The van der Waals surface area contributed by atoms with E-state index in [1.807, 2.05) is 79.7 Å². The van der Waals surface area contributed by atoms with Crippen molar-refractivity contribution < 1.29 is 9.53 Å². The minimum atomic E-state index is -0.202. The van der Waals surface area contributed by atoms with Crippen LogP contribution >= 0.6 is 23.4 Å². The third-order valence-corrected chi connectivity index (χ3v) is 6.03. The molecule has 0 radical (unpaired) electrons. The number of rotatable bonds is 9. The fourth-order valence-electron chi connectivity index (χ4n) is 3.25. The van der Waals surface area contributed by atoms with Crippen LogP contribution in [0.3, 0.4) is 0 Å². The number of carbonyl (C=O) groups excluding carboxylic acids is 1. The summed E-state index contributed by atoms with van der Waals surface area (Å²) in [7, 11) is 0. The van der Waals surface area contributed by atoms with E-state index in [9.17, 15) is 4.79 Å². The van der Waals surface area contributed by atoms with Crippen LogP contribution in [0.5, 0.6) is 5.75 Å². The maximum atomic E-state index is 12.4. The molecule has 1 N–H and O–H groups in total. The van der Waals surface area contributed by atoms with Gasteiger partial charge in [-0.25, -0.2) is 10.4 Å². The van der Waals surface area contributed by atoms with Crippen molar-refractivity contribution in [3.05, 3.63) is 88.9 Å². The number of carbonyl (C=O) groups is 1. The van der Waals surface area contributed by atoms with E-state index in [1.165, 1.54) is 11.8 Å². The molecule has 1 heterocycles. The minimum Gasteiger partial charge on any atom is -0.494 e. The Morgan fingerprint density at radius 1 is 1.12 bits per heavy atom. The van der Waals surface area contributed by atoms with Gasteiger partial charge in [0.15, 0.2) is 5.16 Å². The molecule has 6 nitrogen and oxygen atoms in total. The van der Waals surface area contributed by atoms with Crippen molar-refractivity contribution in [2.75, 3.05) is 12.4 Å². The first-order chi connectivity index (χ1) is 16.1. The van der Waals surface area contributed by atoms with Gasteiger partial charge in [0.1, 0.15) is 5.75 Å². The summed E-state index contributed by atoms with van der Waals surface area (Å²) in [5.41, 5.74) is 6.46. The Morgan fingerprint density at radius 3 is 2.64 bits per heavy atom. The number of aromatic nitrogens is 2. The van der Waals surface area contributed by atoms with Crippen LogP contribution in [0.25, 0.3) is 11.0 Å². The molecule has 0 unspecified atom stereocenters. The molecule has 0 saturated carbocycles. The van der Waals surface area contributed by atoms with Gasteiger partial charge in [0.05, 0.1) is 36.2 Å².